The van der Waals surface area contributed by atoms with Crippen LogP contribution in [0.2, 0.25) is 0 Å². The van der Waals surface area contributed by atoms with Gasteiger partial charge in [0.25, 0.3) is 5.91 Å². The van der Waals surface area contributed by atoms with Crippen molar-refractivity contribution >= 4 is 5.91 Å². The smallest absolute Gasteiger partial charge is 0.251 e. The number of nitrogens with one attached hydrogen (secondary N) is 1. The second-order valence-electron chi connectivity index (χ2n) is 8.45. The Bertz CT molecular complexity index is 769. The average Bonchev–Trinajstić information content (AvgIpc) is 2.79. The summed E-state index contributed by atoms with van der Waals surface area (Å²) in [7, 11) is 0. The van der Waals surface area contributed by atoms with Crippen LogP contribution in [0.3, 0.4) is 0 Å². The number of benzene rings is 2. The molecular formula is C26H36N2O3. The molecule has 0 aromatic heterocycles. The maximum absolute atomic E-state index is 12.2. The molecule has 1 N–H and O–H groups in total. The van der Waals surface area contributed by atoms with Crippen LogP contribution < -0.4 is 10.1 Å². The Morgan fingerprint density at radius 2 is 1.77 bits per heavy atom. The Kier molecular flexibility index (Phi) is 9.38. The summed E-state index contributed by atoms with van der Waals surface area (Å²) in [6, 6.07) is 18.1. The summed E-state index contributed by atoms with van der Waals surface area (Å²) in [6.45, 7) is 8.54. The van der Waals surface area contributed by atoms with Gasteiger partial charge in [-0.2, -0.15) is 0 Å². The van der Waals surface area contributed by atoms with Crippen molar-refractivity contribution in [2.75, 3.05) is 32.8 Å². The number of ether oxygens (including phenoxy) is 2. The first-order valence-electron chi connectivity index (χ1n) is 11.5. The number of rotatable bonds is 11. The summed E-state index contributed by atoms with van der Waals surface area (Å²) >= 11 is 0. The van der Waals surface area contributed by atoms with Gasteiger partial charge in [-0.1, -0.05) is 30.3 Å². The third-order valence-electron chi connectivity index (χ3n) is 5.57. The summed E-state index contributed by atoms with van der Waals surface area (Å²) < 4.78 is 11.6. The van der Waals surface area contributed by atoms with Crippen molar-refractivity contribution in [3.8, 4) is 5.75 Å². The molecule has 5 heteroatoms. The lowest BCUT2D eigenvalue weighted by molar-refractivity contribution is 0.0757. The van der Waals surface area contributed by atoms with Crippen molar-refractivity contribution in [1.82, 2.24) is 10.2 Å². The molecule has 3 rings (SSSR count). The van der Waals surface area contributed by atoms with E-state index in [1.807, 2.05) is 38.1 Å². The number of likely N-dealkylation sites (tertiary alicyclic amines) is 1. The fourth-order valence-electron chi connectivity index (χ4n) is 3.76. The van der Waals surface area contributed by atoms with Gasteiger partial charge in [0, 0.05) is 38.3 Å². The molecule has 0 unspecified atom stereocenters. The normalized spacial score (nSPS) is 15.2. The molecule has 31 heavy (non-hydrogen) atoms. The fourth-order valence-corrected chi connectivity index (χ4v) is 3.76. The van der Waals surface area contributed by atoms with Crippen LogP contribution in [0.4, 0.5) is 0 Å². The molecule has 1 fully saturated rings. The number of carbonyl (C=O) groups excluding carboxylic acids is 1. The number of carbonyl (C=O) groups is 1. The van der Waals surface area contributed by atoms with Crippen LogP contribution >= 0.6 is 0 Å². The number of amides is 1. The monoisotopic (exact) mass is 424 g/mol. The highest BCUT2D eigenvalue weighted by Gasteiger charge is 2.20. The first kappa shape index (κ1) is 23.3. The molecule has 0 saturated carbocycles. The van der Waals surface area contributed by atoms with E-state index in [0.29, 0.717) is 18.7 Å². The minimum Gasteiger partial charge on any atom is -0.490 e. The highest BCUT2D eigenvalue weighted by Crippen LogP contribution is 2.20. The zero-order valence-electron chi connectivity index (χ0n) is 18.9. The van der Waals surface area contributed by atoms with E-state index < -0.39 is 0 Å². The van der Waals surface area contributed by atoms with Crippen molar-refractivity contribution in [2.45, 2.75) is 51.7 Å². The van der Waals surface area contributed by atoms with Gasteiger partial charge in [-0.25, -0.2) is 0 Å². The molecule has 1 amide bonds. The summed E-state index contributed by atoms with van der Waals surface area (Å²) in [6.07, 6.45) is 4.46. The Balaban J connectivity index is 1.34. The van der Waals surface area contributed by atoms with Crippen molar-refractivity contribution in [2.24, 2.45) is 0 Å². The third kappa shape index (κ3) is 8.35. The molecule has 0 radical (unpaired) electrons. The van der Waals surface area contributed by atoms with Crippen molar-refractivity contribution in [1.29, 1.82) is 0 Å². The van der Waals surface area contributed by atoms with Crippen LogP contribution in [-0.4, -0.2) is 55.8 Å². The van der Waals surface area contributed by atoms with Gasteiger partial charge in [-0.05, 0) is 69.4 Å². The molecule has 1 heterocycles. The van der Waals surface area contributed by atoms with Gasteiger partial charge in [0.1, 0.15) is 11.9 Å². The second kappa shape index (κ2) is 12.5. The zero-order valence-corrected chi connectivity index (χ0v) is 18.9. The molecule has 168 valence electrons. The summed E-state index contributed by atoms with van der Waals surface area (Å²) in [5.74, 6) is 0.785. The summed E-state index contributed by atoms with van der Waals surface area (Å²) in [4.78, 5) is 14.8. The van der Waals surface area contributed by atoms with E-state index in [-0.39, 0.29) is 18.1 Å². The first-order valence-corrected chi connectivity index (χ1v) is 11.5. The second-order valence-corrected chi connectivity index (χ2v) is 8.45. The lowest BCUT2D eigenvalue weighted by Gasteiger charge is -2.32. The van der Waals surface area contributed by atoms with Crippen molar-refractivity contribution < 1.29 is 14.3 Å². The topological polar surface area (TPSA) is 50.8 Å². The number of piperidine rings is 1. The highest BCUT2D eigenvalue weighted by atomic mass is 16.5. The molecule has 0 bridgehead atoms. The molecule has 1 aliphatic heterocycles. The van der Waals surface area contributed by atoms with E-state index in [0.717, 1.165) is 51.1 Å². The maximum atomic E-state index is 12.2. The average molecular weight is 425 g/mol. The molecule has 2 aromatic rings. The van der Waals surface area contributed by atoms with E-state index in [2.05, 4.69) is 40.5 Å². The SMILES string of the molecule is CC(C)OCCCNC(=O)c1ccc(OC2CCN(CCc3ccccc3)CC2)cc1. The molecular weight excluding hydrogens is 388 g/mol. The quantitative estimate of drug-likeness (QED) is 0.546. The van der Waals surface area contributed by atoms with E-state index in [1.54, 1.807) is 0 Å². The van der Waals surface area contributed by atoms with E-state index in [4.69, 9.17) is 9.47 Å². The van der Waals surface area contributed by atoms with Crippen LogP contribution in [0.15, 0.2) is 54.6 Å². The number of hydrogen-bond acceptors (Lipinski definition) is 4. The highest BCUT2D eigenvalue weighted by molar-refractivity contribution is 5.94. The van der Waals surface area contributed by atoms with Gasteiger partial charge in [0.05, 0.1) is 6.10 Å². The lowest BCUT2D eigenvalue weighted by atomic mass is 10.1. The van der Waals surface area contributed by atoms with Gasteiger partial charge in [-0.15, -0.1) is 0 Å². The van der Waals surface area contributed by atoms with Gasteiger partial charge in [-0.3, -0.25) is 4.79 Å². The van der Waals surface area contributed by atoms with Crippen LogP contribution in [0.1, 0.15) is 49.0 Å². The Hall–Kier alpha value is -2.37. The van der Waals surface area contributed by atoms with Crippen LogP contribution in [0, 0.1) is 0 Å². The lowest BCUT2D eigenvalue weighted by Crippen LogP contribution is -2.39. The molecule has 2 aromatic carbocycles. The van der Waals surface area contributed by atoms with Gasteiger partial charge in [0.15, 0.2) is 0 Å². The Morgan fingerprint density at radius 3 is 2.45 bits per heavy atom. The van der Waals surface area contributed by atoms with Gasteiger partial charge in [0.2, 0.25) is 0 Å². The predicted molar refractivity (Wildman–Crippen MR) is 125 cm³/mol. The van der Waals surface area contributed by atoms with Crippen LogP contribution in [-0.2, 0) is 11.2 Å². The molecule has 0 atom stereocenters. The summed E-state index contributed by atoms with van der Waals surface area (Å²) in [5.41, 5.74) is 2.06. The number of hydrogen-bond donors (Lipinski definition) is 1. The largest absolute Gasteiger partial charge is 0.490 e. The molecule has 0 spiro atoms. The Labute approximate surface area is 186 Å². The van der Waals surface area contributed by atoms with Crippen LogP contribution in [0.25, 0.3) is 0 Å². The van der Waals surface area contributed by atoms with Crippen molar-refractivity contribution in [3.63, 3.8) is 0 Å². The van der Waals surface area contributed by atoms with Crippen LogP contribution in [0.5, 0.6) is 5.75 Å². The number of nitrogens with zero attached hydrogens (tertiary/aromatic N) is 1. The maximum Gasteiger partial charge on any atom is 0.251 e. The Morgan fingerprint density at radius 1 is 1.06 bits per heavy atom. The van der Waals surface area contributed by atoms with Gasteiger partial charge < -0.3 is 19.7 Å². The van der Waals surface area contributed by atoms with E-state index in [1.165, 1.54) is 5.56 Å². The summed E-state index contributed by atoms with van der Waals surface area (Å²) in [5, 5.41) is 2.94. The van der Waals surface area contributed by atoms with E-state index >= 15 is 0 Å². The standard InChI is InChI=1S/C26H36N2O3/c1-21(2)30-20-6-16-27-26(29)23-9-11-24(12-10-23)31-25-14-18-28(19-15-25)17-13-22-7-4-3-5-8-22/h3-5,7-12,21,25H,6,13-20H2,1-2H3,(H,27,29). The minimum atomic E-state index is -0.0529. The first-order chi connectivity index (χ1) is 15.1. The molecule has 1 saturated heterocycles. The molecule has 1 aliphatic rings. The van der Waals surface area contributed by atoms with Gasteiger partial charge >= 0.3 is 0 Å². The minimum absolute atomic E-state index is 0.0529. The molecule has 5 nitrogen and oxygen atoms in total. The predicted octanol–water partition coefficient (Wildman–Crippen LogP) is 4.32. The molecule has 0 aliphatic carbocycles. The third-order valence-corrected chi connectivity index (χ3v) is 5.57. The zero-order chi connectivity index (χ0) is 21.9. The van der Waals surface area contributed by atoms with Crippen molar-refractivity contribution in [3.05, 3.63) is 65.7 Å². The fraction of sp³-hybridized carbons (Fsp3) is 0.500. The van der Waals surface area contributed by atoms with E-state index in [9.17, 15) is 4.79 Å².